The fraction of sp³-hybridized carbons (Fsp3) is 0.636. The maximum absolute atomic E-state index is 6.24. The van der Waals surface area contributed by atoms with Crippen molar-refractivity contribution < 1.29 is 0 Å². The maximum atomic E-state index is 6.24. The number of rotatable bonds is 3. The van der Waals surface area contributed by atoms with E-state index < -0.39 is 0 Å². The molecule has 13 heavy (non-hydrogen) atoms. The highest BCUT2D eigenvalue weighted by atomic mass is 32.1. The summed E-state index contributed by atoms with van der Waals surface area (Å²) in [4.78, 5) is 1.34. The second-order valence-electron chi connectivity index (χ2n) is 4.29. The van der Waals surface area contributed by atoms with Crippen LogP contribution in [-0.2, 0) is 0 Å². The molecule has 0 bridgehead atoms. The molecule has 0 amide bonds. The first-order valence-corrected chi connectivity index (χ1v) is 5.66. The Labute approximate surface area is 85.0 Å². The van der Waals surface area contributed by atoms with Crippen LogP contribution in [0, 0.1) is 12.3 Å². The molecule has 2 heteroatoms. The van der Waals surface area contributed by atoms with E-state index in [1.165, 1.54) is 10.4 Å². The second-order valence-corrected chi connectivity index (χ2v) is 5.24. The van der Waals surface area contributed by atoms with E-state index in [0.717, 1.165) is 6.42 Å². The highest BCUT2D eigenvalue weighted by Crippen LogP contribution is 2.37. The van der Waals surface area contributed by atoms with Gasteiger partial charge in [0.05, 0.1) is 0 Å². The van der Waals surface area contributed by atoms with Crippen molar-refractivity contribution in [3.05, 3.63) is 21.9 Å². The van der Waals surface area contributed by atoms with Crippen molar-refractivity contribution in [2.45, 2.75) is 40.2 Å². The molecule has 1 atom stereocenters. The molecule has 0 saturated heterocycles. The van der Waals surface area contributed by atoms with E-state index in [1.807, 2.05) is 0 Å². The molecule has 0 aromatic carbocycles. The molecule has 0 aliphatic carbocycles. The van der Waals surface area contributed by atoms with E-state index in [1.54, 1.807) is 11.3 Å². The molecule has 0 saturated carbocycles. The summed E-state index contributed by atoms with van der Waals surface area (Å²) in [6.45, 7) is 8.80. The molecule has 1 heterocycles. The SMILES string of the molecule is CCC(C)(C)C(N)c1sccc1C. The van der Waals surface area contributed by atoms with Crippen molar-refractivity contribution in [1.29, 1.82) is 0 Å². The quantitative estimate of drug-likeness (QED) is 0.788. The van der Waals surface area contributed by atoms with Crippen LogP contribution in [0.4, 0.5) is 0 Å². The third-order valence-electron chi connectivity index (χ3n) is 2.94. The van der Waals surface area contributed by atoms with Crippen LogP contribution in [0.15, 0.2) is 11.4 Å². The van der Waals surface area contributed by atoms with Crippen molar-refractivity contribution in [2.75, 3.05) is 0 Å². The fourth-order valence-corrected chi connectivity index (χ4v) is 2.42. The first-order chi connectivity index (χ1) is 5.99. The number of aryl methyl sites for hydroxylation is 1. The van der Waals surface area contributed by atoms with Gasteiger partial charge in [0.1, 0.15) is 0 Å². The van der Waals surface area contributed by atoms with Crippen molar-refractivity contribution in [3.63, 3.8) is 0 Å². The van der Waals surface area contributed by atoms with E-state index in [-0.39, 0.29) is 11.5 Å². The van der Waals surface area contributed by atoms with E-state index in [2.05, 4.69) is 39.1 Å². The van der Waals surface area contributed by atoms with Crippen molar-refractivity contribution in [3.8, 4) is 0 Å². The topological polar surface area (TPSA) is 26.0 Å². The van der Waals surface area contributed by atoms with Crippen molar-refractivity contribution in [1.82, 2.24) is 0 Å². The Morgan fingerprint density at radius 3 is 2.54 bits per heavy atom. The molecule has 0 aliphatic rings. The van der Waals surface area contributed by atoms with Gasteiger partial charge in [-0.3, -0.25) is 0 Å². The van der Waals surface area contributed by atoms with Gasteiger partial charge in [-0.2, -0.15) is 0 Å². The summed E-state index contributed by atoms with van der Waals surface area (Å²) in [6, 6.07) is 2.32. The van der Waals surface area contributed by atoms with Gasteiger partial charge in [-0.1, -0.05) is 20.8 Å². The average Bonchev–Trinajstić information content (AvgIpc) is 2.50. The van der Waals surface area contributed by atoms with Crippen LogP contribution in [0.1, 0.15) is 43.7 Å². The lowest BCUT2D eigenvalue weighted by Crippen LogP contribution is -2.28. The number of hydrogen-bond acceptors (Lipinski definition) is 2. The Hall–Kier alpha value is -0.340. The summed E-state index contributed by atoms with van der Waals surface area (Å²) < 4.78 is 0. The molecule has 1 aromatic heterocycles. The lowest BCUT2D eigenvalue weighted by Gasteiger charge is -2.30. The summed E-state index contributed by atoms with van der Waals surface area (Å²) in [6.07, 6.45) is 1.12. The van der Waals surface area contributed by atoms with Crippen LogP contribution >= 0.6 is 11.3 Å². The monoisotopic (exact) mass is 197 g/mol. The first kappa shape index (κ1) is 10.7. The highest BCUT2D eigenvalue weighted by Gasteiger charge is 2.27. The normalized spacial score (nSPS) is 14.5. The first-order valence-electron chi connectivity index (χ1n) is 4.78. The fourth-order valence-electron chi connectivity index (χ4n) is 1.28. The lowest BCUT2D eigenvalue weighted by molar-refractivity contribution is 0.281. The molecule has 0 fully saturated rings. The molecule has 1 rings (SSSR count). The predicted octanol–water partition coefficient (Wildman–Crippen LogP) is 3.49. The van der Waals surface area contributed by atoms with Crippen LogP contribution < -0.4 is 5.73 Å². The van der Waals surface area contributed by atoms with Gasteiger partial charge < -0.3 is 5.73 Å². The highest BCUT2D eigenvalue weighted by molar-refractivity contribution is 7.10. The van der Waals surface area contributed by atoms with Gasteiger partial charge in [0, 0.05) is 10.9 Å². The van der Waals surface area contributed by atoms with E-state index in [9.17, 15) is 0 Å². The Morgan fingerprint density at radius 1 is 1.54 bits per heavy atom. The molecule has 1 nitrogen and oxygen atoms in total. The largest absolute Gasteiger partial charge is 0.323 e. The molecule has 0 spiro atoms. The van der Waals surface area contributed by atoms with Gasteiger partial charge in [-0.15, -0.1) is 11.3 Å². The van der Waals surface area contributed by atoms with E-state index in [4.69, 9.17) is 5.73 Å². The Morgan fingerprint density at radius 2 is 2.15 bits per heavy atom. The van der Waals surface area contributed by atoms with Gasteiger partial charge in [-0.05, 0) is 35.8 Å². The zero-order chi connectivity index (χ0) is 10.1. The smallest absolute Gasteiger partial charge is 0.0444 e. The summed E-state index contributed by atoms with van der Waals surface area (Å²) in [5.74, 6) is 0. The standard InChI is InChI=1S/C11H19NS/c1-5-11(3,4)10(12)9-8(2)6-7-13-9/h6-7,10H,5,12H2,1-4H3. The Bertz CT molecular complexity index is 275. The van der Waals surface area contributed by atoms with Crippen LogP contribution in [0.5, 0.6) is 0 Å². The third-order valence-corrected chi connectivity index (χ3v) is 4.04. The molecular weight excluding hydrogens is 178 g/mol. The third kappa shape index (κ3) is 2.12. The molecule has 0 aliphatic heterocycles. The van der Waals surface area contributed by atoms with E-state index in [0.29, 0.717) is 0 Å². The van der Waals surface area contributed by atoms with Gasteiger partial charge in [0.15, 0.2) is 0 Å². The summed E-state index contributed by atoms with van der Waals surface area (Å²) >= 11 is 1.77. The van der Waals surface area contributed by atoms with Gasteiger partial charge >= 0.3 is 0 Å². The van der Waals surface area contributed by atoms with Crippen LogP contribution in [0.25, 0.3) is 0 Å². The maximum Gasteiger partial charge on any atom is 0.0444 e. The van der Waals surface area contributed by atoms with Crippen molar-refractivity contribution >= 4 is 11.3 Å². The predicted molar refractivity (Wildman–Crippen MR) is 60.1 cm³/mol. The Kier molecular flexibility index (Phi) is 3.14. The summed E-state index contributed by atoms with van der Waals surface area (Å²) in [5, 5.41) is 2.12. The van der Waals surface area contributed by atoms with E-state index >= 15 is 0 Å². The molecular formula is C11H19NS. The zero-order valence-corrected chi connectivity index (χ0v) is 9.74. The summed E-state index contributed by atoms with van der Waals surface area (Å²) in [5.41, 5.74) is 7.78. The minimum Gasteiger partial charge on any atom is -0.323 e. The minimum absolute atomic E-state index is 0.178. The lowest BCUT2D eigenvalue weighted by atomic mass is 9.81. The number of thiophene rings is 1. The van der Waals surface area contributed by atoms with Crippen LogP contribution in [0.2, 0.25) is 0 Å². The van der Waals surface area contributed by atoms with Gasteiger partial charge in [0.25, 0.3) is 0 Å². The zero-order valence-electron chi connectivity index (χ0n) is 8.92. The molecule has 74 valence electrons. The molecule has 1 aromatic rings. The number of nitrogens with two attached hydrogens (primary N) is 1. The molecule has 1 unspecified atom stereocenters. The van der Waals surface area contributed by atoms with Crippen LogP contribution in [-0.4, -0.2) is 0 Å². The van der Waals surface area contributed by atoms with Crippen LogP contribution in [0.3, 0.4) is 0 Å². The number of hydrogen-bond donors (Lipinski definition) is 1. The minimum atomic E-state index is 0.178. The Balaban J connectivity index is 2.91. The average molecular weight is 197 g/mol. The molecule has 0 radical (unpaired) electrons. The van der Waals surface area contributed by atoms with Gasteiger partial charge in [0.2, 0.25) is 0 Å². The molecule has 2 N–H and O–H groups in total. The van der Waals surface area contributed by atoms with Crippen molar-refractivity contribution in [2.24, 2.45) is 11.1 Å². The second kappa shape index (κ2) is 3.81. The van der Waals surface area contributed by atoms with Gasteiger partial charge in [-0.25, -0.2) is 0 Å². The summed E-state index contributed by atoms with van der Waals surface area (Å²) in [7, 11) is 0.